The van der Waals surface area contributed by atoms with E-state index in [9.17, 15) is 9.18 Å². The number of nitrogen functional groups attached to an aromatic ring is 1. The average Bonchev–Trinajstić information content (AvgIpc) is 3.43. The van der Waals surface area contributed by atoms with Crippen LogP contribution in [0.1, 0.15) is 18.4 Å². The Morgan fingerprint density at radius 2 is 2.19 bits per heavy atom. The Labute approximate surface area is 153 Å². The fraction of sp³-hybridized carbons (Fsp3) is 0.222. The quantitative estimate of drug-likeness (QED) is 0.535. The van der Waals surface area contributed by atoms with Crippen molar-refractivity contribution in [3.63, 3.8) is 0 Å². The second-order valence-corrected chi connectivity index (χ2v) is 6.32. The first kappa shape index (κ1) is 17.0. The van der Waals surface area contributed by atoms with E-state index in [4.69, 9.17) is 16.2 Å². The number of carbonyl (C=O) groups excluding carboxylic acids is 1. The number of carbonyl (C=O) groups is 1. The summed E-state index contributed by atoms with van der Waals surface area (Å²) in [7, 11) is 1.54. The Morgan fingerprint density at radius 3 is 2.89 bits per heavy atom. The van der Waals surface area contributed by atoms with E-state index in [-0.39, 0.29) is 34.7 Å². The molecule has 1 saturated carbocycles. The van der Waals surface area contributed by atoms with Crippen molar-refractivity contribution in [3.8, 4) is 17.0 Å². The maximum Gasteiger partial charge on any atom is 0.250 e. The molecule has 4 N–H and O–H groups in total. The van der Waals surface area contributed by atoms with E-state index in [1.165, 1.54) is 6.20 Å². The van der Waals surface area contributed by atoms with Crippen LogP contribution in [0.15, 0.2) is 35.6 Å². The predicted octanol–water partition coefficient (Wildman–Crippen LogP) is 1.77. The van der Waals surface area contributed by atoms with Gasteiger partial charge < -0.3 is 16.2 Å². The lowest BCUT2D eigenvalue weighted by Gasteiger charge is -2.08. The number of amidine groups is 1. The first-order valence-corrected chi connectivity index (χ1v) is 8.34. The topological polar surface area (TPSA) is 121 Å². The van der Waals surface area contributed by atoms with Crippen molar-refractivity contribution in [1.29, 1.82) is 0 Å². The Kier molecular flexibility index (Phi) is 3.98. The van der Waals surface area contributed by atoms with Crippen LogP contribution in [0.3, 0.4) is 0 Å². The van der Waals surface area contributed by atoms with Crippen LogP contribution < -0.4 is 16.2 Å². The molecule has 0 spiro atoms. The summed E-state index contributed by atoms with van der Waals surface area (Å²) in [6.45, 7) is 0. The van der Waals surface area contributed by atoms with Crippen molar-refractivity contribution < 1.29 is 13.9 Å². The van der Waals surface area contributed by atoms with Crippen LogP contribution in [-0.2, 0) is 4.79 Å². The molecule has 27 heavy (non-hydrogen) atoms. The van der Waals surface area contributed by atoms with E-state index in [1.54, 1.807) is 30.0 Å². The number of rotatable bonds is 4. The van der Waals surface area contributed by atoms with E-state index < -0.39 is 5.82 Å². The van der Waals surface area contributed by atoms with Gasteiger partial charge in [-0.2, -0.15) is 10.1 Å². The molecule has 0 unspecified atom stereocenters. The summed E-state index contributed by atoms with van der Waals surface area (Å²) in [5.74, 6) is -0.595. The van der Waals surface area contributed by atoms with Gasteiger partial charge in [-0.1, -0.05) is 0 Å². The zero-order valence-electron chi connectivity index (χ0n) is 14.5. The minimum absolute atomic E-state index is 0.0153. The van der Waals surface area contributed by atoms with Gasteiger partial charge in [0.15, 0.2) is 5.82 Å². The van der Waals surface area contributed by atoms with Crippen LogP contribution in [0, 0.1) is 11.7 Å². The lowest BCUT2D eigenvalue weighted by molar-refractivity contribution is -0.118. The summed E-state index contributed by atoms with van der Waals surface area (Å²) in [5.41, 5.74) is 13.0. The second-order valence-electron chi connectivity index (χ2n) is 6.32. The highest BCUT2D eigenvalue weighted by Gasteiger charge is 2.30. The van der Waals surface area contributed by atoms with Crippen LogP contribution in [0.4, 0.5) is 10.2 Å². The molecule has 8 nitrogen and oxygen atoms in total. The number of nitrogens with zero attached hydrogens (tertiary/aromatic N) is 4. The highest BCUT2D eigenvalue weighted by Crippen LogP contribution is 2.31. The molecule has 0 radical (unpaired) electrons. The molecule has 0 atom stereocenters. The van der Waals surface area contributed by atoms with Gasteiger partial charge in [-0.15, -0.1) is 0 Å². The molecule has 0 aromatic carbocycles. The summed E-state index contributed by atoms with van der Waals surface area (Å²) in [5, 5.41) is 4.19. The lowest BCUT2D eigenvalue weighted by atomic mass is 10.1. The average molecular weight is 368 g/mol. The number of methoxy groups -OCH3 is 1. The van der Waals surface area contributed by atoms with Crippen LogP contribution >= 0.6 is 0 Å². The standard InChI is InChI=1S/C18H17FN6O2/c1-27-10-4-5-25-14(6-10)12(8-22-25)15-13(19)7-11(16(20)23-15)17(21)24-18(26)9-2-3-9/h4-9H,2-3H2,1H3,(H2,20,23)(H2,21,24,26). The summed E-state index contributed by atoms with van der Waals surface area (Å²) in [6.07, 6.45) is 4.79. The molecule has 3 aromatic heterocycles. The first-order chi connectivity index (χ1) is 13.0. The minimum Gasteiger partial charge on any atom is -0.497 e. The predicted molar refractivity (Wildman–Crippen MR) is 97.8 cm³/mol. The van der Waals surface area contributed by atoms with Crippen LogP contribution in [-0.4, -0.2) is 33.5 Å². The van der Waals surface area contributed by atoms with Crippen LogP contribution in [0.2, 0.25) is 0 Å². The molecule has 138 valence electrons. The molecule has 1 aliphatic rings. The Bertz CT molecular complexity index is 1090. The third kappa shape index (κ3) is 3.07. The Morgan fingerprint density at radius 1 is 1.41 bits per heavy atom. The number of halogens is 1. The van der Waals surface area contributed by atoms with Gasteiger partial charge in [0.1, 0.15) is 23.1 Å². The van der Waals surface area contributed by atoms with E-state index in [1.807, 2.05) is 0 Å². The molecule has 0 saturated heterocycles. The molecule has 1 aliphatic carbocycles. The summed E-state index contributed by atoms with van der Waals surface area (Å²) in [6, 6.07) is 4.59. The molecular weight excluding hydrogens is 351 g/mol. The SMILES string of the molecule is COc1ccn2ncc(-c3nc(N)c(C(N)=NC(=O)C4CC4)cc3F)c2c1. The van der Waals surface area contributed by atoms with Gasteiger partial charge in [0.2, 0.25) is 0 Å². The van der Waals surface area contributed by atoms with Gasteiger partial charge in [-0.3, -0.25) is 4.79 Å². The van der Waals surface area contributed by atoms with Crippen LogP contribution in [0.5, 0.6) is 5.75 Å². The number of hydrogen-bond donors (Lipinski definition) is 2. The van der Waals surface area contributed by atoms with Crippen molar-refractivity contribution in [2.45, 2.75) is 12.8 Å². The van der Waals surface area contributed by atoms with Crippen molar-refractivity contribution in [3.05, 3.63) is 42.0 Å². The van der Waals surface area contributed by atoms with Gasteiger partial charge in [0.25, 0.3) is 5.91 Å². The van der Waals surface area contributed by atoms with Gasteiger partial charge in [-0.05, 0) is 25.0 Å². The van der Waals surface area contributed by atoms with E-state index in [0.29, 0.717) is 16.8 Å². The second kappa shape index (κ2) is 6.35. The lowest BCUT2D eigenvalue weighted by Crippen LogP contribution is -2.19. The third-order valence-electron chi connectivity index (χ3n) is 4.42. The maximum atomic E-state index is 14.8. The number of aliphatic imine (C=N–C) groups is 1. The zero-order chi connectivity index (χ0) is 19.1. The smallest absolute Gasteiger partial charge is 0.250 e. The van der Waals surface area contributed by atoms with Gasteiger partial charge in [0.05, 0.1) is 24.4 Å². The van der Waals surface area contributed by atoms with E-state index in [0.717, 1.165) is 18.9 Å². The Balaban J connectivity index is 1.77. The number of hydrogen-bond acceptors (Lipinski definition) is 5. The number of aromatic nitrogens is 3. The molecule has 1 fully saturated rings. The van der Waals surface area contributed by atoms with Gasteiger partial charge >= 0.3 is 0 Å². The summed E-state index contributed by atoms with van der Waals surface area (Å²) < 4.78 is 21.6. The zero-order valence-corrected chi connectivity index (χ0v) is 14.5. The normalized spacial score (nSPS) is 14.5. The highest BCUT2D eigenvalue weighted by atomic mass is 19.1. The third-order valence-corrected chi connectivity index (χ3v) is 4.42. The van der Waals surface area contributed by atoms with Crippen LogP contribution in [0.25, 0.3) is 16.8 Å². The fourth-order valence-corrected chi connectivity index (χ4v) is 2.77. The van der Waals surface area contributed by atoms with Gasteiger partial charge in [0, 0.05) is 23.7 Å². The van der Waals surface area contributed by atoms with E-state index in [2.05, 4.69) is 15.1 Å². The number of fused-ring (bicyclic) bond motifs is 1. The van der Waals surface area contributed by atoms with Crippen molar-refractivity contribution >= 4 is 23.1 Å². The Hall–Kier alpha value is -3.49. The minimum atomic E-state index is -0.644. The molecular formula is C18H17FN6O2. The summed E-state index contributed by atoms with van der Waals surface area (Å²) in [4.78, 5) is 19.8. The summed E-state index contributed by atoms with van der Waals surface area (Å²) >= 11 is 0. The first-order valence-electron chi connectivity index (χ1n) is 8.34. The molecule has 9 heteroatoms. The van der Waals surface area contributed by atoms with Crippen molar-refractivity contribution in [1.82, 2.24) is 14.6 Å². The monoisotopic (exact) mass is 368 g/mol. The highest BCUT2D eigenvalue weighted by molar-refractivity contribution is 6.07. The molecule has 3 aromatic rings. The molecule has 0 bridgehead atoms. The number of anilines is 1. The van der Waals surface area contributed by atoms with Gasteiger partial charge in [-0.25, -0.2) is 13.9 Å². The maximum absolute atomic E-state index is 14.8. The molecule has 0 aliphatic heterocycles. The fourth-order valence-electron chi connectivity index (χ4n) is 2.77. The number of pyridine rings is 2. The number of ether oxygens (including phenoxy) is 1. The molecule has 1 amide bonds. The van der Waals surface area contributed by atoms with Crippen molar-refractivity contribution in [2.75, 3.05) is 12.8 Å². The number of nitrogens with two attached hydrogens (primary N) is 2. The van der Waals surface area contributed by atoms with E-state index >= 15 is 0 Å². The molecule has 3 heterocycles. The van der Waals surface area contributed by atoms with Crippen molar-refractivity contribution in [2.24, 2.45) is 16.6 Å². The largest absolute Gasteiger partial charge is 0.497 e. The molecule has 4 rings (SSSR count). The number of amides is 1.